The molecule has 0 radical (unpaired) electrons. The summed E-state index contributed by atoms with van der Waals surface area (Å²) in [6.07, 6.45) is 0.679. The highest BCUT2D eigenvalue weighted by Crippen LogP contribution is 2.12. The molecule has 0 saturated carbocycles. The van der Waals surface area contributed by atoms with Gasteiger partial charge in [-0.3, -0.25) is 4.79 Å². The van der Waals surface area contributed by atoms with Gasteiger partial charge in [0.15, 0.2) is 0 Å². The van der Waals surface area contributed by atoms with Crippen LogP contribution in [-0.2, 0) is 10.0 Å². The molecule has 0 spiro atoms. The van der Waals surface area contributed by atoms with Crippen molar-refractivity contribution in [1.82, 2.24) is 10.0 Å². The molecule has 1 aromatic carbocycles. The van der Waals surface area contributed by atoms with Gasteiger partial charge in [0.25, 0.3) is 5.91 Å². The predicted octanol–water partition coefficient (Wildman–Crippen LogP) is 0.874. The monoisotopic (exact) mass is 335 g/mol. The maximum Gasteiger partial charge on any atom is 0.251 e. The molecule has 21 heavy (non-hydrogen) atoms. The lowest BCUT2D eigenvalue weighted by atomic mass is 10.2. The summed E-state index contributed by atoms with van der Waals surface area (Å²) in [6, 6.07) is 5.74. The lowest BCUT2D eigenvalue weighted by Crippen LogP contribution is -2.30. The van der Waals surface area contributed by atoms with Crippen LogP contribution in [0.3, 0.4) is 0 Å². The molecule has 0 unspecified atom stereocenters. The van der Waals surface area contributed by atoms with Gasteiger partial charge in [0.1, 0.15) is 0 Å². The van der Waals surface area contributed by atoms with E-state index in [0.717, 1.165) is 0 Å². The summed E-state index contributed by atoms with van der Waals surface area (Å²) in [5.74, 6) is -0.306. The fraction of sp³-hybridized carbons (Fsp3) is 0.462. The van der Waals surface area contributed by atoms with E-state index in [9.17, 15) is 13.2 Å². The van der Waals surface area contributed by atoms with E-state index in [0.29, 0.717) is 25.1 Å². The zero-order valence-corrected chi connectivity index (χ0v) is 13.8. The first kappa shape index (κ1) is 19.9. The highest BCUT2D eigenvalue weighted by molar-refractivity contribution is 7.89. The van der Waals surface area contributed by atoms with Crippen LogP contribution in [0.25, 0.3) is 0 Å². The molecule has 0 aliphatic heterocycles. The fourth-order valence-electron chi connectivity index (χ4n) is 1.59. The number of benzene rings is 1. The zero-order valence-electron chi connectivity index (χ0n) is 12.1. The SMILES string of the molecule is CC(C)NS(=O)(=O)c1cccc(C(=O)NCCCN)c1.Cl. The van der Waals surface area contributed by atoms with Crippen LogP contribution in [0.4, 0.5) is 0 Å². The Labute approximate surface area is 132 Å². The first-order valence-corrected chi connectivity index (χ1v) is 7.96. The van der Waals surface area contributed by atoms with Crippen molar-refractivity contribution in [3.8, 4) is 0 Å². The van der Waals surface area contributed by atoms with E-state index >= 15 is 0 Å². The zero-order chi connectivity index (χ0) is 15.2. The lowest BCUT2D eigenvalue weighted by Gasteiger charge is -2.10. The number of nitrogens with one attached hydrogen (secondary N) is 2. The first-order chi connectivity index (χ1) is 9.36. The quantitative estimate of drug-likeness (QED) is 0.643. The molecule has 0 aliphatic carbocycles. The van der Waals surface area contributed by atoms with E-state index in [2.05, 4.69) is 10.0 Å². The largest absolute Gasteiger partial charge is 0.352 e. The van der Waals surface area contributed by atoms with Gasteiger partial charge < -0.3 is 11.1 Å². The van der Waals surface area contributed by atoms with Gasteiger partial charge in [-0.2, -0.15) is 0 Å². The lowest BCUT2D eigenvalue weighted by molar-refractivity contribution is 0.0953. The van der Waals surface area contributed by atoms with Gasteiger partial charge in [0.2, 0.25) is 10.0 Å². The van der Waals surface area contributed by atoms with Crippen LogP contribution >= 0.6 is 12.4 Å². The molecule has 0 aliphatic rings. The minimum absolute atomic E-state index is 0. The molecule has 6 nitrogen and oxygen atoms in total. The summed E-state index contributed by atoms with van der Waals surface area (Å²) in [5, 5.41) is 2.69. The van der Waals surface area contributed by atoms with E-state index in [1.165, 1.54) is 12.1 Å². The molecule has 1 rings (SSSR count). The number of nitrogens with two attached hydrogens (primary N) is 1. The Morgan fingerprint density at radius 1 is 1.33 bits per heavy atom. The summed E-state index contributed by atoms with van der Waals surface area (Å²) >= 11 is 0. The smallest absolute Gasteiger partial charge is 0.251 e. The van der Waals surface area contributed by atoms with Crippen LogP contribution in [-0.4, -0.2) is 33.5 Å². The Bertz CT molecular complexity index is 562. The second kappa shape index (κ2) is 8.99. The number of rotatable bonds is 7. The van der Waals surface area contributed by atoms with Crippen LogP contribution < -0.4 is 15.8 Å². The van der Waals surface area contributed by atoms with Gasteiger partial charge in [0, 0.05) is 18.2 Å². The molecule has 1 amide bonds. The van der Waals surface area contributed by atoms with Crippen molar-refractivity contribution < 1.29 is 13.2 Å². The summed E-state index contributed by atoms with van der Waals surface area (Å²) in [6.45, 7) is 4.44. The van der Waals surface area contributed by atoms with Crippen LogP contribution in [0, 0.1) is 0 Å². The second-order valence-electron chi connectivity index (χ2n) is 4.70. The molecule has 0 atom stereocenters. The normalized spacial score (nSPS) is 11.0. The van der Waals surface area contributed by atoms with E-state index in [1.54, 1.807) is 26.0 Å². The van der Waals surface area contributed by atoms with E-state index < -0.39 is 10.0 Å². The predicted molar refractivity (Wildman–Crippen MR) is 85.2 cm³/mol. The van der Waals surface area contributed by atoms with Crippen molar-refractivity contribution in [3.05, 3.63) is 29.8 Å². The summed E-state index contributed by atoms with van der Waals surface area (Å²) in [5.41, 5.74) is 5.66. The van der Waals surface area contributed by atoms with Gasteiger partial charge in [-0.1, -0.05) is 6.07 Å². The minimum Gasteiger partial charge on any atom is -0.352 e. The molecule has 120 valence electrons. The Hall–Kier alpha value is -1.15. The molecule has 8 heteroatoms. The number of sulfonamides is 1. The maximum absolute atomic E-state index is 12.0. The maximum atomic E-state index is 12.0. The van der Waals surface area contributed by atoms with Crippen LogP contribution in [0.1, 0.15) is 30.6 Å². The van der Waals surface area contributed by atoms with Gasteiger partial charge in [-0.25, -0.2) is 13.1 Å². The highest BCUT2D eigenvalue weighted by atomic mass is 35.5. The van der Waals surface area contributed by atoms with Crippen molar-refractivity contribution in [2.24, 2.45) is 5.73 Å². The van der Waals surface area contributed by atoms with Gasteiger partial charge in [-0.15, -0.1) is 12.4 Å². The Kier molecular flexibility index (Phi) is 8.50. The molecule has 0 fully saturated rings. The molecule has 1 aromatic rings. The number of amides is 1. The molecule has 0 heterocycles. The van der Waals surface area contributed by atoms with Gasteiger partial charge in [0.05, 0.1) is 4.90 Å². The number of hydrogen-bond acceptors (Lipinski definition) is 4. The fourth-order valence-corrected chi connectivity index (χ4v) is 2.89. The average molecular weight is 336 g/mol. The summed E-state index contributed by atoms with van der Waals surface area (Å²) in [7, 11) is -3.59. The van der Waals surface area contributed by atoms with Crippen molar-refractivity contribution in [2.75, 3.05) is 13.1 Å². The number of hydrogen-bond donors (Lipinski definition) is 3. The second-order valence-corrected chi connectivity index (χ2v) is 6.42. The third-order valence-corrected chi connectivity index (χ3v) is 4.12. The molecule has 0 saturated heterocycles. The van der Waals surface area contributed by atoms with E-state index in [4.69, 9.17) is 5.73 Å². The third-order valence-electron chi connectivity index (χ3n) is 2.46. The summed E-state index contributed by atoms with van der Waals surface area (Å²) in [4.78, 5) is 11.9. The van der Waals surface area contributed by atoms with Crippen molar-refractivity contribution in [3.63, 3.8) is 0 Å². The Balaban J connectivity index is 0.00000400. The minimum atomic E-state index is -3.59. The standard InChI is InChI=1S/C13H21N3O3S.ClH/c1-10(2)16-20(18,19)12-6-3-5-11(9-12)13(17)15-8-4-7-14;/h3,5-6,9-10,16H,4,7-8,14H2,1-2H3,(H,15,17);1H. The highest BCUT2D eigenvalue weighted by Gasteiger charge is 2.17. The van der Waals surface area contributed by atoms with Crippen LogP contribution in [0.2, 0.25) is 0 Å². The van der Waals surface area contributed by atoms with Crippen molar-refractivity contribution in [1.29, 1.82) is 0 Å². The summed E-state index contributed by atoms with van der Waals surface area (Å²) < 4.78 is 26.5. The molecule has 0 aromatic heterocycles. The van der Waals surface area contributed by atoms with Gasteiger partial charge >= 0.3 is 0 Å². The van der Waals surface area contributed by atoms with Crippen molar-refractivity contribution in [2.45, 2.75) is 31.2 Å². The number of carbonyl (C=O) groups is 1. The Morgan fingerprint density at radius 2 is 2.00 bits per heavy atom. The molecule has 0 bridgehead atoms. The number of halogens is 1. The Morgan fingerprint density at radius 3 is 2.57 bits per heavy atom. The van der Waals surface area contributed by atoms with E-state index in [-0.39, 0.29) is 29.3 Å². The topological polar surface area (TPSA) is 101 Å². The van der Waals surface area contributed by atoms with Crippen LogP contribution in [0.5, 0.6) is 0 Å². The van der Waals surface area contributed by atoms with Crippen molar-refractivity contribution >= 4 is 28.3 Å². The third kappa shape index (κ3) is 6.43. The molecule has 4 N–H and O–H groups in total. The van der Waals surface area contributed by atoms with E-state index in [1.807, 2.05) is 0 Å². The molecular weight excluding hydrogens is 314 g/mol. The van der Waals surface area contributed by atoms with Crippen LogP contribution in [0.15, 0.2) is 29.2 Å². The number of carbonyl (C=O) groups excluding carboxylic acids is 1. The first-order valence-electron chi connectivity index (χ1n) is 6.47. The molecular formula is C13H22ClN3O3S. The van der Waals surface area contributed by atoms with Gasteiger partial charge in [-0.05, 0) is 45.0 Å². The average Bonchev–Trinajstić information content (AvgIpc) is 2.37.